The van der Waals surface area contributed by atoms with Crippen molar-refractivity contribution in [3.05, 3.63) is 70.0 Å². The van der Waals surface area contributed by atoms with Crippen molar-refractivity contribution in [3.8, 4) is 5.75 Å². The summed E-state index contributed by atoms with van der Waals surface area (Å²) in [5, 5.41) is 51.2. The lowest BCUT2D eigenvalue weighted by atomic mass is 9.55. The molecule has 5 rings (SSSR count). The smallest absolute Gasteiger partial charge is 0.255 e. The molecule has 0 radical (unpaired) electrons. The van der Waals surface area contributed by atoms with Crippen LogP contribution in [-0.4, -0.2) is 69.4 Å². The molecule has 0 saturated heterocycles. The standard InChI is InChI=1S/C29H32N4O7S/c1-32-17-9-16(30)23(34)20-18(17)14(11-41-10-12-6-4-3-5-7-12)13-8-15-22(33-2)25(36)21(28(31)39)27(38)29(15,40)26(37)19(13)24(20)35/h3-7,9,13-15,22,32-35,38,40H,8,10-11,30H2,1-2H3,(H2,31,39)/t13-,14-,15+,22+,29+/m1/s1. The third-order valence-electron chi connectivity index (χ3n) is 8.49. The Kier molecular flexibility index (Phi) is 7.26. The molecular weight excluding hydrogens is 548 g/mol. The molecular formula is C29H32N4O7S. The van der Waals surface area contributed by atoms with Gasteiger partial charge in [-0.2, -0.15) is 11.8 Å². The first kappa shape index (κ1) is 28.5. The maximum absolute atomic E-state index is 14.2. The molecule has 0 unspecified atom stereocenters. The number of anilines is 2. The number of rotatable bonds is 7. The maximum Gasteiger partial charge on any atom is 0.255 e. The highest BCUT2D eigenvalue weighted by molar-refractivity contribution is 7.98. The van der Waals surface area contributed by atoms with Crippen LogP contribution >= 0.6 is 11.8 Å². The third-order valence-corrected chi connectivity index (χ3v) is 9.62. The van der Waals surface area contributed by atoms with Crippen molar-refractivity contribution in [3.63, 3.8) is 0 Å². The van der Waals surface area contributed by atoms with Crippen LogP contribution in [0, 0.1) is 11.8 Å². The van der Waals surface area contributed by atoms with Gasteiger partial charge in [-0.3, -0.25) is 14.4 Å². The highest BCUT2D eigenvalue weighted by Crippen LogP contribution is 2.58. The molecule has 1 amide bonds. The molecule has 1 fully saturated rings. The minimum absolute atomic E-state index is 0.0146. The molecule has 3 aliphatic rings. The second-order valence-corrected chi connectivity index (χ2v) is 11.6. The molecule has 0 bridgehead atoms. The van der Waals surface area contributed by atoms with E-state index in [1.807, 2.05) is 30.3 Å². The number of phenols is 1. The van der Waals surface area contributed by atoms with Gasteiger partial charge in [0.25, 0.3) is 5.91 Å². The Hall–Kier alpha value is -4.00. The predicted molar refractivity (Wildman–Crippen MR) is 155 cm³/mol. The fourth-order valence-electron chi connectivity index (χ4n) is 6.58. The van der Waals surface area contributed by atoms with E-state index in [9.17, 15) is 34.8 Å². The van der Waals surface area contributed by atoms with E-state index in [2.05, 4.69) is 10.6 Å². The molecule has 0 spiro atoms. The number of likely N-dealkylation sites (N-methyl/N-ethyl adjacent to an activating group) is 1. The van der Waals surface area contributed by atoms with Crippen LogP contribution in [0.3, 0.4) is 0 Å². The SMILES string of the molecule is CNc1cc(N)c(O)c2c1[C@H](CSCc1ccccc1)[C@H]1C[C@H]3[C@H](NC)C(=O)C(C(N)=O)=C(O)[C@@]3(O)C(=O)C1=C2O. The summed E-state index contributed by atoms with van der Waals surface area (Å²) in [5.74, 6) is -6.64. The van der Waals surface area contributed by atoms with Crippen LogP contribution < -0.4 is 22.1 Å². The first-order valence-electron chi connectivity index (χ1n) is 13.1. The van der Waals surface area contributed by atoms with E-state index in [0.717, 1.165) is 5.56 Å². The number of amides is 1. The van der Waals surface area contributed by atoms with E-state index in [4.69, 9.17) is 11.5 Å². The molecule has 1 saturated carbocycles. The third kappa shape index (κ3) is 4.16. The van der Waals surface area contributed by atoms with Crippen LogP contribution in [0.15, 0.2) is 53.3 Å². The minimum Gasteiger partial charge on any atom is -0.508 e. The Morgan fingerprint density at radius 3 is 2.44 bits per heavy atom. The summed E-state index contributed by atoms with van der Waals surface area (Å²) in [7, 11) is 3.12. The van der Waals surface area contributed by atoms with Crippen LogP contribution in [0.4, 0.5) is 11.4 Å². The van der Waals surface area contributed by atoms with Gasteiger partial charge in [-0.05, 0) is 36.6 Å². The van der Waals surface area contributed by atoms with Crippen molar-refractivity contribution >= 4 is 46.4 Å². The summed E-state index contributed by atoms with van der Waals surface area (Å²) in [6, 6.07) is 10.1. The van der Waals surface area contributed by atoms with Crippen molar-refractivity contribution in [2.75, 3.05) is 30.9 Å². The van der Waals surface area contributed by atoms with Gasteiger partial charge in [0.1, 0.15) is 22.8 Å². The first-order chi connectivity index (χ1) is 19.5. The van der Waals surface area contributed by atoms with E-state index in [0.29, 0.717) is 22.8 Å². The van der Waals surface area contributed by atoms with Gasteiger partial charge in [0.05, 0.1) is 17.3 Å². The number of primary amides is 1. The number of hydrogen-bond acceptors (Lipinski definition) is 11. The number of carbonyl (C=O) groups excluding carboxylic acids is 3. The normalized spacial score (nSPS) is 27.3. The van der Waals surface area contributed by atoms with E-state index in [1.165, 1.54) is 7.05 Å². The fraction of sp³-hybridized carbons (Fsp3) is 0.345. The second kappa shape index (κ2) is 10.4. The zero-order valence-corrected chi connectivity index (χ0v) is 23.3. The lowest BCUT2D eigenvalue weighted by Gasteiger charge is -2.50. The number of carbonyl (C=O) groups is 3. The zero-order chi connectivity index (χ0) is 29.8. The molecule has 5 atom stereocenters. The van der Waals surface area contributed by atoms with Crippen LogP contribution in [0.2, 0.25) is 0 Å². The van der Waals surface area contributed by atoms with E-state index in [-0.39, 0.29) is 23.2 Å². The highest BCUT2D eigenvalue weighted by atomic mass is 32.2. The summed E-state index contributed by atoms with van der Waals surface area (Å²) in [5.41, 5.74) is 9.71. The summed E-state index contributed by atoms with van der Waals surface area (Å²) in [6.07, 6.45) is -0.0146. The summed E-state index contributed by atoms with van der Waals surface area (Å²) >= 11 is 1.58. The number of nitrogens with one attached hydrogen (secondary N) is 2. The summed E-state index contributed by atoms with van der Waals surface area (Å²) < 4.78 is 0. The molecule has 0 aromatic heterocycles. The van der Waals surface area contributed by atoms with Gasteiger partial charge >= 0.3 is 0 Å². The Bertz CT molecular complexity index is 1520. The van der Waals surface area contributed by atoms with Crippen LogP contribution in [0.5, 0.6) is 5.75 Å². The zero-order valence-electron chi connectivity index (χ0n) is 22.5. The number of aliphatic hydroxyl groups is 3. The maximum atomic E-state index is 14.2. The summed E-state index contributed by atoms with van der Waals surface area (Å²) in [4.78, 5) is 39.5. The van der Waals surface area contributed by atoms with Crippen molar-refractivity contribution in [2.24, 2.45) is 17.6 Å². The molecule has 12 heteroatoms. The number of hydrogen-bond donors (Lipinski definition) is 8. The van der Waals surface area contributed by atoms with E-state index >= 15 is 0 Å². The molecule has 41 heavy (non-hydrogen) atoms. The molecule has 2 aromatic rings. The first-order valence-corrected chi connectivity index (χ1v) is 14.2. The van der Waals surface area contributed by atoms with Gasteiger partial charge in [0.2, 0.25) is 5.78 Å². The number of nitrogen functional groups attached to an aromatic ring is 1. The number of thioether (sulfide) groups is 1. The van der Waals surface area contributed by atoms with Crippen molar-refractivity contribution in [1.82, 2.24) is 5.32 Å². The van der Waals surface area contributed by atoms with Gasteiger partial charge in [-0.25, -0.2) is 0 Å². The number of phenolic OH excluding ortho intramolecular Hbond substituents is 1. The van der Waals surface area contributed by atoms with Crippen molar-refractivity contribution in [1.29, 1.82) is 0 Å². The highest BCUT2D eigenvalue weighted by Gasteiger charge is 2.64. The number of aliphatic hydroxyl groups excluding tert-OH is 2. The Morgan fingerprint density at radius 2 is 1.83 bits per heavy atom. The number of benzene rings is 2. The van der Waals surface area contributed by atoms with Gasteiger partial charge in [-0.15, -0.1) is 0 Å². The molecule has 0 aliphatic heterocycles. The summed E-state index contributed by atoms with van der Waals surface area (Å²) in [6.45, 7) is 0. The van der Waals surface area contributed by atoms with Gasteiger partial charge in [0, 0.05) is 41.6 Å². The molecule has 0 heterocycles. The largest absolute Gasteiger partial charge is 0.508 e. The number of Topliss-reactive ketones (excluding diaryl/α,β-unsaturated/α-hetero) is 2. The monoisotopic (exact) mass is 580 g/mol. The lowest BCUT2D eigenvalue weighted by molar-refractivity contribution is -0.150. The van der Waals surface area contributed by atoms with Crippen LogP contribution in [-0.2, 0) is 20.1 Å². The topological polar surface area (TPSA) is 208 Å². The van der Waals surface area contributed by atoms with Crippen LogP contribution in [0.1, 0.15) is 29.0 Å². The molecule has 3 aliphatic carbocycles. The second-order valence-electron chi connectivity index (χ2n) is 10.5. The number of aromatic hydroxyl groups is 1. The van der Waals surface area contributed by atoms with Gasteiger partial charge in [-0.1, -0.05) is 30.3 Å². The predicted octanol–water partition coefficient (Wildman–Crippen LogP) is 1.72. The number of fused-ring (bicyclic) bond motifs is 3. The minimum atomic E-state index is -2.72. The fourth-order valence-corrected chi connectivity index (χ4v) is 7.78. The number of nitrogens with two attached hydrogens (primary N) is 2. The Labute approximate surface area is 240 Å². The molecule has 2 aromatic carbocycles. The van der Waals surface area contributed by atoms with Crippen molar-refractivity contribution in [2.45, 2.75) is 29.7 Å². The molecule has 10 N–H and O–H groups in total. The molecule has 216 valence electrons. The Morgan fingerprint density at radius 1 is 1.15 bits per heavy atom. The average molecular weight is 581 g/mol. The van der Waals surface area contributed by atoms with E-state index < -0.39 is 69.7 Å². The quantitative estimate of drug-likeness (QED) is 0.102. The van der Waals surface area contributed by atoms with Crippen molar-refractivity contribution < 1.29 is 34.8 Å². The Balaban J connectivity index is 1.70. The number of ketones is 2. The van der Waals surface area contributed by atoms with E-state index in [1.54, 1.807) is 24.9 Å². The van der Waals surface area contributed by atoms with Crippen LogP contribution in [0.25, 0.3) is 5.76 Å². The lowest BCUT2D eigenvalue weighted by Crippen LogP contribution is -2.66. The molecule has 11 nitrogen and oxygen atoms in total. The average Bonchev–Trinajstić information content (AvgIpc) is 2.94. The van der Waals surface area contributed by atoms with Gasteiger partial charge < -0.3 is 42.5 Å². The van der Waals surface area contributed by atoms with Gasteiger partial charge in [0.15, 0.2) is 11.4 Å².